The number of nitrogens with one attached hydrogen (secondary N) is 1. The van der Waals surface area contributed by atoms with Crippen LogP contribution in [0.1, 0.15) is 19.3 Å². The van der Waals surface area contributed by atoms with Crippen molar-refractivity contribution in [2.24, 2.45) is 5.92 Å². The smallest absolute Gasteiger partial charge is 0.0564 e. The molecule has 0 amide bonds. The molecule has 0 aromatic carbocycles. The molecule has 2 fully saturated rings. The highest BCUT2D eigenvalue weighted by Crippen LogP contribution is 2.13. The van der Waals surface area contributed by atoms with E-state index < -0.39 is 0 Å². The maximum atomic E-state index is 9.33. The monoisotopic (exact) mass is 184 g/mol. The average molecular weight is 184 g/mol. The summed E-state index contributed by atoms with van der Waals surface area (Å²) >= 11 is 0. The Kier molecular flexibility index (Phi) is 3.19. The fourth-order valence-corrected chi connectivity index (χ4v) is 2.06. The molecule has 0 spiro atoms. The maximum Gasteiger partial charge on any atom is 0.0564 e. The molecule has 0 aromatic heterocycles. The third kappa shape index (κ3) is 2.66. The molecule has 13 heavy (non-hydrogen) atoms. The SMILES string of the molecule is OC1CCN(CCC2CNC2)CC1. The number of aliphatic hydroxyl groups excluding tert-OH is 1. The molecule has 2 aliphatic rings. The normalized spacial score (nSPS) is 27.5. The van der Waals surface area contributed by atoms with Gasteiger partial charge in [0.05, 0.1) is 6.10 Å². The van der Waals surface area contributed by atoms with Gasteiger partial charge in [0.1, 0.15) is 0 Å². The van der Waals surface area contributed by atoms with E-state index in [-0.39, 0.29) is 6.10 Å². The van der Waals surface area contributed by atoms with E-state index >= 15 is 0 Å². The number of piperidine rings is 1. The average Bonchev–Trinajstić information content (AvgIpc) is 2.05. The largest absolute Gasteiger partial charge is 0.393 e. The summed E-state index contributed by atoms with van der Waals surface area (Å²) in [7, 11) is 0. The van der Waals surface area contributed by atoms with Crippen LogP contribution in [0.5, 0.6) is 0 Å². The Hall–Kier alpha value is -0.120. The van der Waals surface area contributed by atoms with Crippen molar-refractivity contribution in [3.05, 3.63) is 0 Å². The van der Waals surface area contributed by atoms with Gasteiger partial charge in [-0.2, -0.15) is 0 Å². The van der Waals surface area contributed by atoms with Gasteiger partial charge in [-0.15, -0.1) is 0 Å². The molecule has 0 aliphatic carbocycles. The Morgan fingerprint density at radius 2 is 1.92 bits per heavy atom. The lowest BCUT2D eigenvalue weighted by molar-refractivity contribution is 0.0782. The van der Waals surface area contributed by atoms with Crippen LogP contribution < -0.4 is 5.32 Å². The summed E-state index contributed by atoms with van der Waals surface area (Å²) in [5.74, 6) is 0.923. The van der Waals surface area contributed by atoms with E-state index in [1.54, 1.807) is 0 Å². The Balaban J connectivity index is 1.59. The molecule has 2 heterocycles. The van der Waals surface area contributed by atoms with Gasteiger partial charge in [0, 0.05) is 13.1 Å². The second-order valence-electron chi connectivity index (χ2n) is 4.39. The van der Waals surface area contributed by atoms with E-state index in [9.17, 15) is 5.11 Å². The lowest BCUT2D eigenvalue weighted by atomic mass is 9.98. The van der Waals surface area contributed by atoms with Gasteiger partial charge in [0.2, 0.25) is 0 Å². The molecular formula is C10H20N2O. The van der Waals surface area contributed by atoms with Crippen molar-refractivity contribution in [2.75, 3.05) is 32.7 Å². The van der Waals surface area contributed by atoms with Crippen LogP contribution in [-0.2, 0) is 0 Å². The van der Waals surface area contributed by atoms with Gasteiger partial charge in [-0.25, -0.2) is 0 Å². The number of rotatable bonds is 3. The summed E-state index contributed by atoms with van der Waals surface area (Å²) in [6, 6.07) is 0. The molecule has 2 aliphatic heterocycles. The Labute approximate surface area is 80.1 Å². The maximum absolute atomic E-state index is 9.33. The highest BCUT2D eigenvalue weighted by molar-refractivity contribution is 4.77. The van der Waals surface area contributed by atoms with Crippen molar-refractivity contribution >= 4 is 0 Å². The van der Waals surface area contributed by atoms with Crippen LogP contribution in [0, 0.1) is 5.92 Å². The molecule has 0 saturated carbocycles. The minimum absolute atomic E-state index is 0.0263. The van der Waals surface area contributed by atoms with Crippen LogP contribution in [0.25, 0.3) is 0 Å². The van der Waals surface area contributed by atoms with Crippen LogP contribution in [0.15, 0.2) is 0 Å². The fourth-order valence-electron chi connectivity index (χ4n) is 2.06. The minimum atomic E-state index is -0.0263. The molecule has 0 unspecified atom stereocenters. The highest BCUT2D eigenvalue weighted by atomic mass is 16.3. The standard InChI is InChI=1S/C10H20N2O/c13-10-2-5-12(6-3-10)4-1-9-7-11-8-9/h9-11,13H,1-8H2. The first-order valence-corrected chi connectivity index (χ1v) is 5.46. The van der Waals surface area contributed by atoms with Crippen LogP contribution in [0.4, 0.5) is 0 Å². The fraction of sp³-hybridized carbons (Fsp3) is 1.00. The van der Waals surface area contributed by atoms with Gasteiger partial charge in [-0.1, -0.05) is 0 Å². The van der Waals surface area contributed by atoms with Gasteiger partial charge in [-0.3, -0.25) is 0 Å². The van der Waals surface area contributed by atoms with E-state index in [2.05, 4.69) is 10.2 Å². The first-order valence-electron chi connectivity index (χ1n) is 5.46. The van der Waals surface area contributed by atoms with Crippen LogP contribution in [0.3, 0.4) is 0 Å². The van der Waals surface area contributed by atoms with E-state index in [1.165, 1.54) is 26.1 Å². The molecule has 76 valence electrons. The minimum Gasteiger partial charge on any atom is -0.393 e. The van der Waals surface area contributed by atoms with Crippen LogP contribution in [0.2, 0.25) is 0 Å². The van der Waals surface area contributed by atoms with Crippen molar-refractivity contribution < 1.29 is 5.11 Å². The number of hydrogen-bond donors (Lipinski definition) is 2. The zero-order chi connectivity index (χ0) is 9.10. The first kappa shape index (κ1) is 9.44. The number of hydrogen-bond acceptors (Lipinski definition) is 3. The summed E-state index contributed by atoms with van der Waals surface area (Å²) in [5.41, 5.74) is 0. The molecule has 3 heteroatoms. The van der Waals surface area contributed by atoms with Gasteiger partial charge in [-0.05, 0) is 44.8 Å². The Morgan fingerprint density at radius 3 is 2.46 bits per heavy atom. The Morgan fingerprint density at radius 1 is 1.23 bits per heavy atom. The molecule has 3 nitrogen and oxygen atoms in total. The summed E-state index contributed by atoms with van der Waals surface area (Å²) in [5, 5.41) is 12.6. The quantitative estimate of drug-likeness (QED) is 0.651. The van der Waals surface area contributed by atoms with Crippen molar-refractivity contribution in [2.45, 2.75) is 25.4 Å². The molecule has 0 radical (unpaired) electrons. The predicted molar refractivity (Wildman–Crippen MR) is 52.7 cm³/mol. The zero-order valence-electron chi connectivity index (χ0n) is 8.21. The molecule has 2 N–H and O–H groups in total. The molecule has 0 atom stereocenters. The second kappa shape index (κ2) is 4.40. The van der Waals surface area contributed by atoms with Gasteiger partial charge >= 0.3 is 0 Å². The number of nitrogens with zero attached hydrogens (tertiary/aromatic N) is 1. The molecular weight excluding hydrogens is 164 g/mol. The van der Waals surface area contributed by atoms with Crippen molar-refractivity contribution in [1.29, 1.82) is 0 Å². The number of aliphatic hydroxyl groups is 1. The van der Waals surface area contributed by atoms with Crippen LogP contribution >= 0.6 is 0 Å². The Bertz CT molecular complexity index is 151. The molecule has 0 bridgehead atoms. The summed E-state index contributed by atoms with van der Waals surface area (Å²) < 4.78 is 0. The van der Waals surface area contributed by atoms with Crippen molar-refractivity contribution in [3.8, 4) is 0 Å². The van der Waals surface area contributed by atoms with E-state index in [4.69, 9.17) is 0 Å². The third-order valence-corrected chi connectivity index (χ3v) is 3.28. The molecule has 2 rings (SSSR count). The van der Waals surface area contributed by atoms with Crippen molar-refractivity contribution in [3.63, 3.8) is 0 Å². The zero-order valence-corrected chi connectivity index (χ0v) is 8.21. The van der Waals surface area contributed by atoms with E-state index in [0.717, 1.165) is 31.8 Å². The van der Waals surface area contributed by atoms with Gasteiger partial charge < -0.3 is 15.3 Å². The van der Waals surface area contributed by atoms with E-state index in [0.29, 0.717) is 0 Å². The highest BCUT2D eigenvalue weighted by Gasteiger charge is 2.20. The van der Waals surface area contributed by atoms with Crippen LogP contribution in [-0.4, -0.2) is 48.8 Å². The summed E-state index contributed by atoms with van der Waals surface area (Å²) in [4.78, 5) is 2.49. The molecule has 2 saturated heterocycles. The summed E-state index contributed by atoms with van der Waals surface area (Å²) in [6.07, 6.45) is 3.26. The van der Waals surface area contributed by atoms with Gasteiger partial charge in [0.25, 0.3) is 0 Å². The van der Waals surface area contributed by atoms with Gasteiger partial charge in [0.15, 0.2) is 0 Å². The molecule has 0 aromatic rings. The summed E-state index contributed by atoms with van der Waals surface area (Å²) in [6.45, 7) is 5.87. The second-order valence-corrected chi connectivity index (χ2v) is 4.39. The van der Waals surface area contributed by atoms with E-state index in [1.807, 2.05) is 0 Å². The third-order valence-electron chi connectivity index (χ3n) is 3.28. The lowest BCUT2D eigenvalue weighted by Crippen LogP contribution is -2.44. The predicted octanol–water partition coefficient (Wildman–Crippen LogP) is 0.0526. The topological polar surface area (TPSA) is 35.5 Å². The van der Waals surface area contributed by atoms with Crippen molar-refractivity contribution in [1.82, 2.24) is 10.2 Å². The lowest BCUT2D eigenvalue weighted by Gasteiger charge is -2.33. The number of likely N-dealkylation sites (tertiary alicyclic amines) is 1. The first-order chi connectivity index (χ1) is 6.34.